The summed E-state index contributed by atoms with van der Waals surface area (Å²) in [5, 5.41) is 10.3. The van der Waals surface area contributed by atoms with Crippen molar-refractivity contribution in [1.29, 1.82) is 0 Å². The summed E-state index contributed by atoms with van der Waals surface area (Å²) in [6.07, 6.45) is 7.73. The molecule has 0 saturated carbocycles. The smallest absolute Gasteiger partial charge is 0.308 e. The second-order valence-corrected chi connectivity index (χ2v) is 8.05. The molecule has 0 saturated heterocycles. The molecule has 0 bridgehead atoms. The van der Waals surface area contributed by atoms with Gasteiger partial charge in [0.2, 0.25) is 0 Å². The molecule has 5 nitrogen and oxygen atoms in total. The lowest BCUT2D eigenvalue weighted by molar-refractivity contribution is -0.384. The molecule has 30 heavy (non-hydrogen) atoms. The van der Waals surface area contributed by atoms with Gasteiger partial charge in [-0.25, -0.2) is 5.26 Å². The van der Waals surface area contributed by atoms with Crippen LogP contribution in [0.15, 0.2) is 42.5 Å². The summed E-state index contributed by atoms with van der Waals surface area (Å²) in [7, 11) is 0. The van der Waals surface area contributed by atoms with Crippen molar-refractivity contribution in [3.63, 3.8) is 0 Å². The van der Waals surface area contributed by atoms with Crippen molar-refractivity contribution in [2.45, 2.75) is 64.1 Å². The van der Waals surface area contributed by atoms with E-state index in [1.54, 1.807) is 36.4 Å². The van der Waals surface area contributed by atoms with Crippen LogP contribution in [0.1, 0.15) is 85.3 Å². The lowest BCUT2D eigenvalue weighted by Crippen LogP contribution is -2.41. The predicted octanol–water partition coefficient (Wildman–Crippen LogP) is 6.26. The fourth-order valence-corrected chi connectivity index (χ4v) is 4.09. The normalized spacial score (nSPS) is 17.4. The van der Waals surface area contributed by atoms with E-state index in [1.165, 1.54) is 25.3 Å². The minimum absolute atomic E-state index is 0.206. The average molecular weight is 431 g/mol. The molecule has 0 spiro atoms. The Morgan fingerprint density at radius 2 is 1.63 bits per heavy atom. The first-order chi connectivity index (χ1) is 14.5. The molecular weight excluding hydrogens is 404 g/mol. The largest absolute Gasteiger partial charge is 0.421 e. The zero-order chi connectivity index (χ0) is 21.6. The Bertz CT molecular complexity index is 910. The lowest BCUT2D eigenvalue weighted by Gasteiger charge is -2.36. The van der Waals surface area contributed by atoms with E-state index in [-0.39, 0.29) is 23.3 Å². The first-order valence-corrected chi connectivity index (χ1v) is 10.9. The zero-order valence-corrected chi connectivity index (χ0v) is 17.9. The first kappa shape index (κ1) is 22.5. The van der Waals surface area contributed by atoms with Crippen molar-refractivity contribution >= 4 is 23.4 Å². The Hall–Kier alpha value is -2.21. The van der Waals surface area contributed by atoms with Gasteiger partial charge in [0, 0.05) is 33.7 Å². The maximum atomic E-state index is 12.9. The van der Waals surface area contributed by atoms with Gasteiger partial charge in [0.15, 0.2) is 5.78 Å². The second-order valence-electron chi connectivity index (χ2n) is 7.62. The Morgan fingerprint density at radius 3 is 2.37 bits per heavy atom. The van der Waals surface area contributed by atoms with Gasteiger partial charge in [0.05, 0.1) is 0 Å². The number of hydrogen-bond acceptors (Lipinski definition) is 5. The summed E-state index contributed by atoms with van der Waals surface area (Å²) in [5.74, 6) is -2.66. The molecule has 0 radical (unpaired) electrons. The van der Waals surface area contributed by atoms with Crippen molar-refractivity contribution < 1.29 is 24.5 Å². The van der Waals surface area contributed by atoms with E-state index < -0.39 is 11.8 Å². The summed E-state index contributed by atoms with van der Waals surface area (Å²) < 4.78 is 5.71. The third kappa shape index (κ3) is 4.59. The van der Waals surface area contributed by atoms with Gasteiger partial charge in [-0.05, 0) is 24.6 Å². The molecule has 0 amide bonds. The Morgan fingerprint density at radius 1 is 0.967 bits per heavy atom. The highest BCUT2D eigenvalue weighted by Gasteiger charge is 2.49. The highest BCUT2D eigenvalue weighted by atomic mass is 35.5. The molecular formula is C24H27ClO5. The number of carbonyl (C=O) groups is 2. The van der Waals surface area contributed by atoms with Crippen molar-refractivity contribution in [2.75, 3.05) is 0 Å². The van der Waals surface area contributed by atoms with Gasteiger partial charge in [-0.15, -0.1) is 0 Å². The number of hydrogen-bond donors (Lipinski definition) is 1. The summed E-state index contributed by atoms with van der Waals surface area (Å²) in [6.45, 7) is 2.18. The molecule has 1 atom stereocenters. The lowest BCUT2D eigenvalue weighted by atomic mass is 9.80. The molecule has 2 aromatic carbocycles. The van der Waals surface area contributed by atoms with Crippen LogP contribution in [-0.2, 0) is 20.2 Å². The van der Waals surface area contributed by atoms with Crippen LogP contribution in [0.4, 0.5) is 0 Å². The van der Waals surface area contributed by atoms with Crippen molar-refractivity contribution in [1.82, 2.24) is 0 Å². The number of rotatable bonds is 10. The predicted molar refractivity (Wildman–Crippen MR) is 115 cm³/mol. The third-order valence-electron chi connectivity index (χ3n) is 5.48. The molecule has 0 aliphatic heterocycles. The first-order valence-electron chi connectivity index (χ1n) is 10.5. The van der Waals surface area contributed by atoms with Crippen LogP contribution in [0.5, 0.6) is 0 Å². The SMILES string of the molecule is CCCCCCCCCC(=O)OC1(OO)c2ccccc2C(=O)c2cc(Cl)ccc21. The number of halogens is 1. The van der Waals surface area contributed by atoms with E-state index in [4.69, 9.17) is 21.2 Å². The number of carbonyl (C=O) groups excluding carboxylic acids is 2. The molecule has 6 heteroatoms. The van der Waals surface area contributed by atoms with Crippen molar-refractivity contribution in [2.24, 2.45) is 0 Å². The van der Waals surface area contributed by atoms with E-state index in [9.17, 15) is 14.8 Å². The molecule has 3 rings (SSSR count). The average Bonchev–Trinajstić information content (AvgIpc) is 2.76. The van der Waals surface area contributed by atoms with Gasteiger partial charge in [-0.1, -0.05) is 81.3 Å². The Kier molecular flexibility index (Phi) is 7.64. The minimum Gasteiger partial charge on any atom is -0.421 e. The summed E-state index contributed by atoms with van der Waals surface area (Å²) in [5.41, 5.74) is 1.08. The monoisotopic (exact) mass is 430 g/mol. The molecule has 160 valence electrons. The Labute approximate surface area is 181 Å². The van der Waals surface area contributed by atoms with Crippen molar-refractivity contribution in [3.8, 4) is 0 Å². The topological polar surface area (TPSA) is 72.8 Å². The van der Waals surface area contributed by atoms with E-state index >= 15 is 0 Å². The summed E-state index contributed by atoms with van der Waals surface area (Å²) in [4.78, 5) is 30.4. The Balaban J connectivity index is 1.79. The minimum atomic E-state index is -1.90. The van der Waals surface area contributed by atoms with Crippen molar-refractivity contribution in [3.05, 3.63) is 69.7 Å². The maximum Gasteiger partial charge on any atom is 0.308 e. The number of ether oxygens (including phenoxy) is 1. The molecule has 1 unspecified atom stereocenters. The molecule has 1 aliphatic carbocycles. The highest BCUT2D eigenvalue weighted by Crippen LogP contribution is 2.44. The fourth-order valence-electron chi connectivity index (χ4n) is 3.91. The molecule has 1 aliphatic rings. The van der Waals surface area contributed by atoms with Gasteiger partial charge in [0.1, 0.15) is 0 Å². The van der Waals surface area contributed by atoms with Gasteiger partial charge in [-0.3, -0.25) is 9.59 Å². The van der Waals surface area contributed by atoms with Gasteiger partial charge < -0.3 is 4.74 Å². The highest BCUT2D eigenvalue weighted by molar-refractivity contribution is 6.31. The van der Waals surface area contributed by atoms with Crippen LogP contribution in [0.25, 0.3) is 0 Å². The van der Waals surface area contributed by atoms with E-state index in [2.05, 4.69) is 6.92 Å². The van der Waals surface area contributed by atoms with Crippen LogP contribution in [0, 0.1) is 0 Å². The fraction of sp³-hybridized carbons (Fsp3) is 0.417. The second kappa shape index (κ2) is 10.2. The van der Waals surface area contributed by atoms with Crippen LogP contribution in [0.2, 0.25) is 5.02 Å². The van der Waals surface area contributed by atoms with E-state index in [0.29, 0.717) is 22.6 Å². The zero-order valence-electron chi connectivity index (χ0n) is 17.2. The number of esters is 1. The standard InChI is InChI=1S/C24H27ClO5/c1-2-3-4-5-6-7-8-13-22(26)29-24(30-28)20-12-10-9-11-18(20)23(27)19-16-17(25)14-15-21(19)24/h9-12,14-16,28H,2-8,13H2,1H3. The van der Waals surface area contributed by atoms with Crippen LogP contribution < -0.4 is 0 Å². The van der Waals surface area contributed by atoms with E-state index in [0.717, 1.165) is 19.3 Å². The summed E-state index contributed by atoms with van der Waals surface area (Å²) >= 11 is 6.08. The molecule has 1 N–H and O–H groups in total. The number of benzene rings is 2. The summed E-state index contributed by atoms with van der Waals surface area (Å²) in [6, 6.07) is 11.2. The van der Waals surface area contributed by atoms with Gasteiger partial charge >= 0.3 is 5.97 Å². The van der Waals surface area contributed by atoms with Gasteiger partial charge in [0.25, 0.3) is 5.79 Å². The number of ketones is 1. The molecule has 0 heterocycles. The van der Waals surface area contributed by atoms with Crippen LogP contribution in [0.3, 0.4) is 0 Å². The number of unbranched alkanes of at least 4 members (excludes halogenated alkanes) is 6. The number of fused-ring (bicyclic) bond motifs is 2. The van der Waals surface area contributed by atoms with Gasteiger partial charge in [-0.2, -0.15) is 4.89 Å². The quantitative estimate of drug-likeness (QED) is 0.158. The third-order valence-corrected chi connectivity index (χ3v) is 5.71. The molecule has 0 fully saturated rings. The van der Waals surface area contributed by atoms with Crippen LogP contribution >= 0.6 is 11.6 Å². The maximum absolute atomic E-state index is 12.9. The molecule has 2 aromatic rings. The van der Waals surface area contributed by atoms with Crippen LogP contribution in [-0.4, -0.2) is 17.0 Å². The van der Waals surface area contributed by atoms with E-state index in [1.807, 2.05) is 0 Å². The molecule has 0 aromatic heterocycles.